The average Bonchev–Trinajstić information content (AvgIpc) is 3.55. The number of halogens is 1. The smallest absolute Gasteiger partial charge is 0.276 e. The lowest BCUT2D eigenvalue weighted by atomic mass is 9.91. The predicted molar refractivity (Wildman–Crippen MR) is 144 cm³/mol. The van der Waals surface area contributed by atoms with Crippen LogP contribution in [-0.2, 0) is 4.79 Å². The zero-order chi connectivity index (χ0) is 25.9. The number of amides is 2. The van der Waals surface area contributed by atoms with Gasteiger partial charge in [0, 0.05) is 42.5 Å². The number of carbonyl (C=O) groups excluding carboxylic acids is 2. The molecule has 0 saturated heterocycles. The fraction of sp³-hybridized carbons (Fsp3) is 0.500. The Hall–Kier alpha value is -3.40. The minimum Gasteiger partial charge on any atom is -0.379 e. The highest BCUT2D eigenvalue weighted by Gasteiger charge is 2.26. The van der Waals surface area contributed by atoms with Gasteiger partial charge in [0.2, 0.25) is 5.91 Å². The molecule has 2 saturated carbocycles. The maximum absolute atomic E-state index is 13.1. The van der Waals surface area contributed by atoms with Gasteiger partial charge in [-0.15, -0.1) is 5.10 Å². The van der Waals surface area contributed by atoms with Gasteiger partial charge < -0.3 is 21.3 Å². The molecule has 3 heterocycles. The Morgan fingerprint density at radius 2 is 1.73 bits per heavy atom. The molecular weight excluding hydrogens is 492 g/mol. The number of anilines is 3. The van der Waals surface area contributed by atoms with E-state index in [1.54, 1.807) is 16.6 Å². The monoisotopic (exact) mass is 524 g/mol. The van der Waals surface area contributed by atoms with Crippen molar-refractivity contribution in [3.8, 4) is 0 Å². The quantitative estimate of drug-likeness (QED) is 0.304. The summed E-state index contributed by atoms with van der Waals surface area (Å²) in [4.78, 5) is 33.7. The van der Waals surface area contributed by atoms with Crippen LogP contribution in [0, 0.1) is 5.92 Å². The lowest BCUT2D eigenvalue weighted by Crippen LogP contribution is -2.40. The second-order valence-corrected chi connectivity index (χ2v) is 10.8. The van der Waals surface area contributed by atoms with E-state index in [-0.39, 0.29) is 23.9 Å². The number of nitrogens with zero attached hydrogens (tertiary/aromatic N) is 4. The summed E-state index contributed by atoms with van der Waals surface area (Å²) in [6, 6.07) is 6.10. The number of fused-ring (bicyclic) bond motifs is 1. The number of nitrogens with one attached hydrogen (secondary N) is 4. The van der Waals surface area contributed by atoms with E-state index < -0.39 is 0 Å². The van der Waals surface area contributed by atoms with Crippen LogP contribution in [0.5, 0.6) is 0 Å². The Morgan fingerprint density at radius 3 is 2.43 bits per heavy atom. The second kappa shape index (κ2) is 10.9. The second-order valence-electron chi connectivity index (χ2n) is 10.4. The Bertz CT molecular complexity index is 1280. The summed E-state index contributed by atoms with van der Waals surface area (Å²) in [6.45, 7) is 4.11. The first-order valence-corrected chi connectivity index (χ1v) is 13.4. The maximum atomic E-state index is 13.1. The van der Waals surface area contributed by atoms with Crippen molar-refractivity contribution in [2.45, 2.75) is 76.9 Å². The van der Waals surface area contributed by atoms with E-state index in [1.165, 1.54) is 12.4 Å². The van der Waals surface area contributed by atoms with Crippen molar-refractivity contribution in [3.05, 3.63) is 41.4 Å². The lowest BCUT2D eigenvalue weighted by Gasteiger charge is -2.30. The van der Waals surface area contributed by atoms with Gasteiger partial charge in [-0.3, -0.25) is 9.59 Å². The zero-order valence-electron chi connectivity index (χ0n) is 21.1. The largest absolute Gasteiger partial charge is 0.379 e. The lowest BCUT2D eigenvalue weighted by molar-refractivity contribution is -0.122. The molecule has 3 aromatic heterocycles. The highest BCUT2D eigenvalue weighted by atomic mass is 35.5. The summed E-state index contributed by atoms with van der Waals surface area (Å²) in [7, 11) is 0. The van der Waals surface area contributed by atoms with Crippen molar-refractivity contribution in [1.82, 2.24) is 24.9 Å². The third kappa shape index (κ3) is 6.49. The molecular formula is C26H33ClN8O2. The standard InChI is InChI=1S/C26H33ClN8O2/c1-15(2)11-24(36)32-18-7-5-17(6-8-18)31-23-13-20(30-16-3-4-16)25-29-14-21(35(25)34-23)26(37)33-19-9-10-28-22(27)12-19/h9-10,12-18,30H,3-8,11H2,1-2H3,(H,31,34)(H,32,36)(H,28,33,37)/t17-,18-. The molecule has 196 valence electrons. The van der Waals surface area contributed by atoms with Crippen molar-refractivity contribution in [2.75, 3.05) is 16.0 Å². The number of aromatic nitrogens is 4. The van der Waals surface area contributed by atoms with Gasteiger partial charge in [0.05, 0.1) is 11.9 Å². The van der Waals surface area contributed by atoms with Crippen LogP contribution in [0.3, 0.4) is 0 Å². The van der Waals surface area contributed by atoms with Gasteiger partial charge in [-0.05, 0) is 56.6 Å². The first-order chi connectivity index (χ1) is 17.8. The molecule has 0 bridgehead atoms. The molecule has 0 unspecified atom stereocenters. The predicted octanol–water partition coefficient (Wildman–Crippen LogP) is 4.49. The van der Waals surface area contributed by atoms with Crippen molar-refractivity contribution < 1.29 is 9.59 Å². The molecule has 0 radical (unpaired) electrons. The number of imidazole rings is 1. The van der Waals surface area contributed by atoms with E-state index in [0.717, 1.165) is 44.2 Å². The number of hydrogen-bond donors (Lipinski definition) is 4. The van der Waals surface area contributed by atoms with Gasteiger partial charge in [-0.25, -0.2) is 14.5 Å². The Kier molecular flexibility index (Phi) is 7.45. The molecule has 0 atom stereocenters. The average molecular weight is 525 g/mol. The van der Waals surface area contributed by atoms with Crippen molar-refractivity contribution in [3.63, 3.8) is 0 Å². The zero-order valence-corrected chi connectivity index (χ0v) is 21.9. The molecule has 2 aliphatic carbocycles. The molecule has 2 amide bonds. The summed E-state index contributed by atoms with van der Waals surface area (Å²) >= 11 is 5.96. The van der Waals surface area contributed by atoms with Crippen LogP contribution in [0.2, 0.25) is 5.15 Å². The van der Waals surface area contributed by atoms with Crippen molar-refractivity contribution >= 4 is 46.3 Å². The summed E-state index contributed by atoms with van der Waals surface area (Å²) in [5, 5.41) is 18.1. The molecule has 11 heteroatoms. The Labute approximate surface area is 221 Å². The minimum absolute atomic E-state index is 0.134. The van der Waals surface area contributed by atoms with Crippen LogP contribution < -0.4 is 21.3 Å². The normalized spacial score (nSPS) is 19.6. The van der Waals surface area contributed by atoms with Crippen LogP contribution >= 0.6 is 11.6 Å². The Morgan fingerprint density at radius 1 is 1.03 bits per heavy atom. The minimum atomic E-state index is -0.338. The number of pyridine rings is 1. The van der Waals surface area contributed by atoms with Gasteiger partial charge in [-0.1, -0.05) is 25.4 Å². The third-order valence-electron chi connectivity index (χ3n) is 6.66. The van der Waals surface area contributed by atoms with Crippen LogP contribution in [0.1, 0.15) is 69.3 Å². The van der Waals surface area contributed by atoms with Gasteiger partial charge in [0.1, 0.15) is 11.0 Å². The van der Waals surface area contributed by atoms with Gasteiger partial charge in [0.25, 0.3) is 5.91 Å². The molecule has 0 spiro atoms. The van der Waals surface area contributed by atoms with E-state index in [0.29, 0.717) is 46.4 Å². The molecule has 0 aliphatic heterocycles. The fourth-order valence-corrected chi connectivity index (χ4v) is 4.85. The van der Waals surface area contributed by atoms with Crippen LogP contribution in [0.15, 0.2) is 30.6 Å². The SMILES string of the molecule is CC(C)CC(=O)N[C@H]1CC[C@H](Nc2cc(NC3CC3)c3ncc(C(=O)Nc4ccnc(Cl)c4)n3n2)CC1. The van der Waals surface area contributed by atoms with Gasteiger partial charge >= 0.3 is 0 Å². The molecule has 0 aromatic carbocycles. The van der Waals surface area contributed by atoms with Crippen molar-refractivity contribution in [2.24, 2.45) is 5.92 Å². The summed E-state index contributed by atoms with van der Waals surface area (Å²) in [6.07, 6.45) is 9.56. The molecule has 37 heavy (non-hydrogen) atoms. The molecule has 4 N–H and O–H groups in total. The van der Waals surface area contributed by atoms with E-state index in [4.69, 9.17) is 16.7 Å². The summed E-state index contributed by atoms with van der Waals surface area (Å²) in [5.41, 5.74) is 2.32. The fourth-order valence-electron chi connectivity index (χ4n) is 4.67. The summed E-state index contributed by atoms with van der Waals surface area (Å²) in [5.74, 6) is 0.834. The first-order valence-electron chi connectivity index (χ1n) is 13.0. The van der Waals surface area contributed by atoms with Gasteiger partial charge in [0.15, 0.2) is 11.3 Å². The number of hydrogen-bond acceptors (Lipinski definition) is 7. The van der Waals surface area contributed by atoms with Crippen molar-refractivity contribution in [1.29, 1.82) is 0 Å². The topological polar surface area (TPSA) is 125 Å². The van der Waals surface area contributed by atoms with E-state index in [2.05, 4.69) is 45.1 Å². The molecule has 2 aliphatic rings. The maximum Gasteiger partial charge on any atom is 0.276 e. The molecule has 3 aromatic rings. The summed E-state index contributed by atoms with van der Waals surface area (Å²) < 4.78 is 1.59. The first kappa shape index (κ1) is 25.3. The highest BCUT2D eigenvalue weighted by Crippen LogP contribution is 2.30. The van der Waals surface area contributed by atoms with Crippen LogP contribution in [-0.4, -0.2) is 49.5 Å². The van der Waals surface area contributed by atoms with Crippen LogP contribution in [0.25, 0.3) is 5.65 Å². The molecule has 2 fully saturated rings. The molecule has 10 nitrogen and oxygen atoms in total. The number of carbonyl (C=O) groups is 2. The van der Waals surface area contributed by atoms with Gasteiger partial charge in [-0.2, -0.15) is 0 Å². The highest BCUT2D eigenvalue weighted by molar-refractivity contribution is 6.29. The van der Waals surface area contributed by atoms with E-state index in [1.807, 2.05) is 6.07 Å². The third-order valence-corrected chi connectivity index (χ3v) is 6.87. The molecule has 5 rings (SSSR count). The number of rotatable bonds is 9. The van der Waals surface area contributed by atoms with Crippen LogP contribution in [0.4, 0.5) is 17.2 Å². The van der Waals surface area contributed by atoms with E-state index >= 15 is 0 Å². The van der Waals surface area contributed by atoms with E-state index in [9.17, 15) is 9.59 Å². The Balaban J connectivity index is 1.31.